The number of hydrogen-bond acceptors (Lipinski definition) is 3. The van der Waals surface area contributed by atoms with E-state index in [-0.39, 0.29) is 17.7 Å². The Morgan fingerprint density at radius 3 is 2.85 bits per heavy atom. The van der Waals surface area contributed by atoms with E-state index in [1.54, 1.807) is 6.07 Å². The number of rotatable bonds is 2. The lowest BCUT2D eigenvalue weighted by atomic mass is 10.0. The van der Waals surface area contributed by atoms with Crippen molar-refractivity contribution in [2.24, 2.45) is 5.73 Å². The summed E-state index contributed by atoms with van der Waals surface area (Å²) >= 11 is 0. The average molecular weight is 180 g/mol. The third-order valence-corrected chi connectivity index (χ3v) is 1.75. The Kier molecular flexibility index (Phi) is 2.96. The third-order valence-electron chi connectivity index (χ3n) is 1.75. The van der Waals surface area contributed by atoms with Crippen LogP contribution in [0, 0.1) is 17.1 Å². The Bertz CT molecular complexity index is 346. The van der Waals surface area contributed by atoms with Crippen molar-refractivity contribution in [3.05, 3.63) is 35.1 Å². The van der Waals surface area contributed by atoms with Crippen LogP contribution < -0.4 is 5.73 Å². The highest BCUT2D eigenvalue weighted by Gasteiger charge is 2.12. The van der Waals surface area contributed by atoms with Crippen LogP contribution in [-0.4, -0.2) is 11.7 Å². The quantitative estimate of drug-likeness (QED) is 0.703. The number of nitrogens with zero attached hydrogens (tertiary/aromatic N) is 1. The second kappa shape index (κ2) is 3.99. The largest absolute Gasteiger partial charge is 0.394 e. The molecule has 0 amide bonds. The molecule has 68 valence electrons. The first kappa shape index (κ1) is 9.65. The number of benzene rings is 1. The molecule has 0 fully saturated rings. The van der Waals surface area contributed by atoms with Gasteiger partial charge in [0.25, 0.3) is 0 Å². The molecule has 1 rings (SSSR count). The van der Waals surface area contributed by atoms with Gasteiger partial charge in [-0.05, 0) is 6.07 Å². The topological polar surface area (TPSA) is 70.0 Å². The summed E-state index contributed by atoms with van der Waals surface area (Å²) in [6, 6.07) is 5.29. The van der Waals surface area contributed by atoms with Crippen molar-refractivity contribution in [2.45, 2.75) is 6.04 Å². The summed E-state index contributed by atoms with van der Waals surface area (Å²) in [5, 5.41) is 17.2. The number of hydrogen-bond donors (Lipinski definition) is 2. The summed E-state index contributed by atoms with van der Waals surface area (Å²) in [6.45, 7) is -0.341. The maximum atomic E-state index is 13.3. The number of aliphatic hydroxyl groups excluding tert-OH is 1. The lowest BCUT2D eigenvalue weighted by molar-refractivity contribution is 0.265. The standard InChI is InChI=1S/C9H9FN2O/c10-9-6(4-11)2-1-3-7(9)8(12)5-13/h1-3,8,13H,5,12H2/t8-/m0/s1. The Labute approximate surface area is 75.2 Å². The van der Waals surface area contributed by atoms with Crippen LogP contribution in [0.4, 0.5) is 4.39 Å². The SMILES string of the molecule is N#Cc1cccc([C@@H](N)CO)c1F. The van der Waals surface area contributed by atoms with Crippen LogP contribution in [0.25, 0.3) is 0 Å². The normalized spacial score (nSPS) is 12.2. The van der Waals surface area contributed by atoms with Crippen LogP contribution in [0.15, 0.2) is 18.2 Å². The van der Waals surface area contributed by atoms with Gasteiger partial charge < -0.3 is 10.8 Å². The highest BCUT2D eigenvalue weighted by Crippen LogP contribution is 2.17. The van der Waals surface area contributed by atoms with Crippen LogP contribution in [0.2, 0.25) is 0 Å². The number of aliphatic hydroxyl groups is 1. The molecule has 0 heterocycles. The van der Waals surface area contributed by atoms with E-state index in [0.717, 1.165) is 0 Å². The van der Waals surface area contributed by atoms with Crippen molar-refractivity contribution in [3.8, 4) is 6.07 Å². The van der Waals surface area contributed by atoms with Gasteiger partial charge in [0.2, 0.25) is 0 Å². The molecule has 0 spiro atoms. The van der Waals surface area contributed by atoms with E-state index >= 15 is 0 Å². The van der Waals surface area contributed by atoms with Gasteiger partial charge in [-0.1, -0.05) is 12.1 Å². The molecule has 1 aromatic carbocycles. The summed E-state index contributed by atoms with van der Waals surface area (Å²) in [7, 11) is 0. The van der Waals surface area contributed by atoms with E-state index in [1.807, 2.05) is 0 Å². The van der Waals surface area contributed by atoms with Crippen molar-refractivity contribution in [3.63, 3.8) is 0 Å². The van der Waals surface area contributed by atoms with E-state index in [0.29, 0.717) is 0 Å². The molecule has 0 aromatic heterocycles. The molecule has 0 unspecified atom stereocenters. The molecule has 4 heteroatoms. The lowest BCUT2D eigenvalue weighted by Crippen LogP contribution is -2.16. The van der Waals surface area contributed by atoms with Crippen LogP contribution in [-0.2, 0) is 0 Å². The average Bonchev–Trinajstić information content (AvgIpc) is 2.17. The van der Waals surface area contributed by atoms with Gasteiger partial charge in [0.1, 0.15) is 11.9 Å². The number of nitriles is 1. The summed E-state index contributed by atoms with van der Waals surface area (Å²) in [6.07, 6.45) is 0. The molecule has 1 aromatic rings. The van der Waals surface area contributed by atoms with Gasteiger partial charge in [0.15, 0.2) is 0 Å². The summed E-state index contributed by atoms with van der Waals surface area (Å²) < 4.78 is 13.3. The van der Waals surface area contributed by atoms with Crippen LogP contribution in [0.5, 0.6) is 0 Å². The fourth-order valence-corrected chi connectivity index (χ4v) is 1.02. The second-order valence-electron chi connectivity index (χ2n) is 2.61. The fourth-order valence-electron chi connectivity index (χ4n) is 1.02. The molecule has 0 saturated carbocycles. The van der Waals surface area contributed by atoms with E-state index in [4.69, 9.17) is 16.1 Å². The molecule has 0 saturated heterocycles. The maximum absolute atomic E-state index is 13.3. The first-order chi connectivity index (χ1) is 6.20. The van der Waals surface area contributed by atoms with E-state index in [1.165, 1.54) is 18.2 Å². The first-order valence-electron chi connectivity index (χ1n) is 3.75. The highest BCUT2D eigenvalue weighted by molar-refractivity contribution is 5.36. The Morgan fingerprint density at radius 2 is 2.31 bits per heavy atom. The van der Waals surface area contributed by atoms with Gasteiger partial charge in [0.05, 0.1) is 18.2 Å². The summed E-state index contributed by atoms with van der Waals surface area (Å²) in [5.74, 6) is -0.647. The van der Waals surface area contributed by atoms with Crippen LogP contribution in [0.1, 0.15) is 17.2 Å². The summed E-state index contributed by atoms with van der Waals surface area (Å²) in [5.41, 5.74) is 5.53. The van der Waals surface area contributed by atoms with Gasteiger partial charge in [-0.2, -0.15) is 5.26 Å². The minimum Gasteiger partial charge on any atom is -0.394 e. The Balaban J connectivity index is 3.17. The molecular formula is C9H9FN2O. The molecule has 13 heavy (non-hydrogen) atoms. The maximum Gasteiger partial charge on any atom is 0.145 e. The number of halogens is 1. The smallest absolute Gasteiger partial charge is 0.145 e. The molecule has 3 N–H and O–H groups in total. The van der Waals surface area contributed by atoms with Crippen molar-refractivity contribution in [2.75, 3.05) is 6.61 Å². The minimum absolute atomic E-state index is 0.0543. The molecule has 0 aliphatic carbocycles. The predicted molar refractivity (Wildman–Crippen MR) is 45.1 cm³/mol. The zero-order chi connectivity index (χ0) is 9.84. The zero-order valence-electron chi connectivity index (χ0n) is 6.87. The lowest BCUT2D eigenvalue weighted by Gasteiger charge is -2.09. The molecular weight excluding hydrogens is 171 g/mol. The van der Waals surface area contributed by atoms with E-state index < -0.39 is 11.9 Å². The van der Waals surface area contributed by atoms with Crippen molar-refractivity contribution >= 4 is 0 Å². The van der Waals surface area contributed by atoms with E-state index in [9.17, 15) is 4.39 Å². The first-order valence-corrected chi connectivity index (χ1v) is 3.75. The van der Waals surface area contributed by atoms with Crippen molar-refractivity contribution in [1.29, 1.82) is 5.26 Å². The third kappa shape index (κ3) is 1.83. The van der Waals surface area contributed by atoms with Gasteiger partial charge in [0, 0.05) is 5.56 Å². The molecule has 0 bridgehead atoms. The molecule has 0 aliphatic heterocycles. The molecule has 0 radical (unpaired) electrons. The molecule has 3 nitrogen and oxygen atoms in total. The Hall–Kier alpha value is -1.44. The van der Waals surface area contributed by atoms with Crippen LogP contribution >= 0.6 is 0 Å². The highest BCUT2D eigenvalue weighted by atomic mass is 19.1. The molecule has 0 aliphatic rings. The fraction of sp³-hybridized carbons (Fsp3) is 0.222. The minimum atomic E-state index is -0.770. The predicted octanol–water partition coefficient (Wildman–Crippen LogP) is 0.689. The van der Waals surface area contributed by atoms with Gasteiger partial charge in [-0.3, -0.25) is 0 Å². The second-order valence-corrected chi connectivity index (χ2v) is 2.61. The van der Waals surface area contributed by atoms with Crippen molar-refractivity contribution < 1.29 is 9.50 Å². The Morgan fingerprint density at radius 1 is 1.62 bits per heavy atom. The van der Waals surface area contributed by atoms with Gasteiger partial charge >= 0.3 is 0 Å². The number of nitrogens with two attached hydrogens (primary N) is 1. The summed E-state index contributed by atoms with van der Waals surface area (Å²) in [4.78, 5) is 0. The van der Waals surface area contributed by atoms with Gasteiger partial charge in [-0.25, -0.2) is 4.39 Å². The zero-order valence-corrected chi connectivity index (χ0v) is 6.87. The van der Waals surface area contributed by atoms with Crippen LogP contribution in [0.3, 0.4) is 0 Å². The van der Waals surface area contributed by atoms with Gasteiger partial charge in [-0.15, -0.1) is 0 Å². The monoisotopic (exact) mass is 180 g/mol. The van der Waals surface area contributed by atoms with E-state index in [2.05, 4.69) is 0 Å². The van der Waals surface area contributed by atoms with Crippen molar-refractivity contribution in [1.82, 2.24) is 0 Å². The molecule has 1 atom stereocenters.